The van der Waals surface area contributed by atoms with Crippen LogP contribution in [0.2, 0.25) is 0 Å². The zero-order valence-corrected chi connectivity index (χ0v) is 11.8. The largest absolute Gasteiger partial charge is 0.497 e. The quantitative estimate of drug-likeness (QED) is 0.577. The topological polar surface area (TPSA) is 109 Å². The van der Waals surface area contributed by atoms with E-state index in [0.717, 1.165) is 0 Å². The van der Waals surface area contributed by atoms with Gasteiger partial charge in [0.2, 0.25) is 0 Å². The van der Waals surface area contributed by atoms with Gasteiger partial charge >= 0.3 is 0 Å². The van der Waals surface area contributed by atoms with Crippen LogP contribution in [0.3, 0.4) is 0 Å². The summed E-state index contributed by atoms with van der Waals surface area (Å²) in [6.07, 6.45) is -6.00. The van der Waals surface area contributed by atoms with E-state index in [-0.39, 0.29) is 0 Å². The van der Waals surface area contributed by atoms with Gasteiger partial charge < -0.3 is 34.6 Å². The van der Waals surface area contributed by atoms with Gasteiger partial charge in [0.15, 0.2) is 0 Å². The van der Waals surface area contributed by atoms with Crippen molar-refractivity contribution in [2.75, 3.05) is 20.8 Å². The molecule has 1 aliphatic heterocycles. The molecule has 0 bridgehead atoms. The lowest BCUT2D eigenvalue weighted by Gasteiger charge is -2.40. The molecule has 0 spiro atoms. The Bertz CT molecular complexity index is 454. The first kappa shape index (κ1) is 16.0. The highest BCUT2D eigenvalue weighted by Crippen LogP contribution is 2.35. The van der Waals surface area contributed by atoms with Gasteiger partial charge in [-0.05, 0) is 17.7 Å². The van der Waals surface area contributed by atoms with Crippen molar-refractivity contribution in [1.29, 1.82) is 0 Å². The van der Waals surface area contributed by atoms with Gasteiger partial charge in [-0.2, -0.15) is 0 Å². The van der Waals surface area contributed by atoms with Crippen molar-refractivity contribution < 1.29 is 34.6 Å². The SMILES string of the molecule is COc1cc(OC)cc([C@@H]2O[C@H](CO)[C@@H](O)[C@H](O)[C@H]2O)c1. The molecule has 0 radical (unpaired) electrons. The number of hydrogen-bond donors (Lipinski definition) is 4. The Labute approximate surface area is 122 Å². The fourth-order valence-corrected chi connectivity index (χ4v) is 2.37. The van der Waals surface area contributed by atoms with Crippen molar-refractivity contribution >= 4 is 0 Å². The second kappa shape index (κ2) is 6.59. The molecule has 0 amide bonds. The van der Waals surface area contributed by atoms with Crippen molar-refractivity contribution in [3.63, 3.8) is 0 Å². The van der Waals surface area contributed by atoms with Gasteiger partial charge in [0.05, 0.1) is 20.8 Å². The van der Waals surface area contributed by atoms with E-state index in [1.54, 1.807) is 18.2 Å². The Hall–Kier alpha value is -1.38. The first-order chi connectivity index (χ1) is 10.0. The van der Waals surface area contributed by atoms with E-state index in [9.17, 15) is 20.4 Å². The monoisotopic (exact) mass is 300 g/mol. The lowest BCUT2D eigenvalue weighted by molar-refractivity contribution is -0.231. The van der Waals surface area contributed by atoms with Crippen LogP contribution in [-0.4, -0.2) is 65.7 Å². The fourth-order valence-electron chi connectivity index (χ4n) is 2.37. The summed E-state index contributed by atoms with van der Waals surface area (Å²) in [7, 11) is 2.98. The summed E-state index contributed by atoms with van der Waals surface area (Å²) >= 11 is 0. The average molecular weight is 300 g/mol. The third-order valence-corrected chi connectivity index (χ3v) is 3.59. The van der Waals surface area contributed by atoms with E-state index in [0.29, 0.717) is 17.1 Å². The molecule has 1 aliphatic rings. The molecule has 7 nitrogen and oxygen atoms in total. The lowest BCUT2D eigenvalue weighted by Crippen LogP contribution is -2.55. The van der Waals surface area contributed by atoms with Gasteiger partial charge in [0.1, 0.15) is 42.0 Å². The molecule has 0 aliphatic carbocycles. The summed E-state index contributed by atoms with van der Waals surface area (Å²) in [6, 6.07) is 4.93. The van der Waals surface area contributed by atoms with Crippen molar-refractivity contribution in [2.24, 2.45) is 0 Å². The van der Waals surface area contributed by atoms with Crippen LogP contribution in [0.15, 0.2) is 18.2 Å². The molecule has 1 saturated heterocycles. The highest BCUT2D eigenvalue weighted by molar-refractivity contribution is 5.40. The van der Waals surface area contributed by atoms with Crippen LogP contribution in [0.5, 0.6) is 11.5 Å². The molecule has 7 heteroatoms. The van der Waals surface area contributed by atoms with E-state index in [1.807, 2.05) is 0 Å². The normalized spacial score (nSPS) is 32.8. The summed E-state index contributed by atoms with van der Waals surface area (Å²) in [5.74, 6) is 1.00. The summed E-state index contributed by atoms with van der Waals surface area (Å²) in [4.78, 5) is 0. The minimum absolute atomic E-state index is 0.470. The van der Waals surface area contributed by atoms with Gasteiger partial charge in [-0.3, -0.25) is 0 Å². The van der Waals surface area contributed by atoms with Crippen LogP contribution in [0, 0.1) is 0 Å². The third-order valence-electron chi connectivity index (χ3n) is 3.59. The van der Waals surface area contributed by atoms with Gasteiger partial charge in [-0.1, -0.05) is 0 Å². The van der Waals surface area contributed by atoms with E-state index in [4.69, 9.17) is 14.2 Å². The van der Waals surface area contributed by atoms with Crippen molar-refractivity contribution in [3.8, 4) is 11.5 Å². The molecule has 1 aromatic rings. The molecule has 2 rings (SSSR count). The third kappa shape index (κ3) is 3.12. The number of aliphatic hydroxyl groups excluding tert-OH is 4. The molecule has 1 heterocycles. The van der Waals surface area contributed by atoms with Crippen molar-refractivity contribution in [3.05, 3.63) is 23.8 Å². The number of ether oxygens (including phenoxy) is 3. The van der Waals surface area contributed by atoms with Crippen molar-refractivity contribution in [1.82, 2.24) is 0 Å². The first-order valence-corrected chi connectivity index (χ1v) is 6.55. The molecule has 0 aromatic heterocycles. The van der Waals surface area contributed by atoms with Crippen LogP contribution in [0.25, 0.3) is 0 Å². The van der Waals surface area contributed by atoms with E-state index < -0.39 is 37.1 Å². The molecule has 118 valence electrons. The van der Waals surface area contributed by atoms with Crippen LogP contribution in [-0.2, 0) is 4.74 Å². The minimum Gasteiger partial charge on any atom is -0.497 e. The van der Waals surface area contributed by atoms with Gasteiger partial charge in [0, 0.05) is 6.07 Å². The predicted octanol–water partition coefficient (Wildman–Crippen LogP) is -0.781. The Kier molecular flexibility index (Phi) is 5.02. The molecule has 0 saturated carbocycles. The Balaban J connectivity index is 2.35. The van der Waals surface area contributed by atoms with Crippen molar-refractivity contribution in [2.45, 2.75) is 30.5 Å². The molecule has 5 atom stereocenters. The molecule has 1 fully saturated rings. The Morgan fingerprint density at radius 3 is 2.00 bits per heavy atom. The second-order valence-electron chi connectivity index (χ2n) is 4.90. The molecule has 0 unspecified atom stereocenters. The summed E-state index contributed by atoms with van der Waals surface area (Å²) in [5, 5.41) is 38.9. The van der Waals surface area contributed by atoms with Crippen LogP contribution in [0.4, 0.5) is 0 Å². The van der Waals surface area contributed by atoms with Gasteiger partial charge in [0.25, 0.3) is 0 Å². The maximum Gasteiger partial charge on any atom is 0.122 e. The predicted molar refractivity (Wildman–Crippen MR) is 72.3 cm³/mol. The highest BCUT2D eigenvalue weighted by atomic mass is 16.5. The molecular weight excluding hydrogens is 280 g/mol. The summed E-state index contributed by atoms with van der Waals surface area (Å²) in [5.41, 5.74) is 0.517. The molecule has 1 aromatic carbocycles. The molecule has 4 N–H and O–H groups in total. The highest BCUT2D eigenvalue weighted by Gasteiger charge is 2.44. The fraction of sp³-hybridized carbons (Fsp3) is 0.571. The number of aliphatic hydroxyl groups is 4. The lowest BCUT2D eigenvalue weighted by atomic mass is 9.91. The molecule has 21 heavy (non-hydrogen) atoms. The van der Waals surface area contributed by atoms with Crippen LogP contribution in [0.1, 0.15) is 11.7 Å². The average Bonchev–Trinajstić information content (AvgIpc) is 2.52. The zero-order valence-electron chi connectivity index (χ0n) is 11.8. The van der Waals surface area contributed by atoms with E-state index >= 15 is 0 Å². The maximum atomic E-state index is 10.1. The Morgan fingerprint density at radius 1 is 0.952 bits per heavy atom. The minimum atomic E-state index is -1.42. The van der Waals surface area contributed by atoms with Gasteiger partial charge in [-0.25, -0.2) is 0 Å². The smallest absolute Gasteiger partial charge is 0.122 e. The summed E-state index contributed by atoms with van der Waals surface area (Å²) < 4.78 is 15.8. The van der Waals surface area contributed by atoms with Crippen LogP contribution >= 0.6 is 0 Å². The standard InChI is InChI=1S/C14H20O7/c1-19-8-3-7(4-9(5-8)20-2)14-13(18)12(17)11(16)10(6-15)21-14/h3-5,10-18H,6H2,1-2H3/t10-,11-,12+,13-,14+/m1/s1. The number of methoxy groups -OCH3 is 2. The maximum absolute atomic E-state index is 10.1. The van der Waals surface area contributed by atoms with Crippen LogP contribution < -0.4 is 9.47 Å². The number of hydrogen-bond acceptors (Lipinski definition) is 7. The Morgan fingerprint density at radius 2 is 1.52 bits per heavy atom. The second-order valence-corrected chi connectivity index (χ2v) is 4.90. The zero-order chi connectivity index (χ0) is 15.6. The van der Waals surface area contributed by atoms with E-state index in [1.165, 1.54) is 14.2 Å². The number of benzene rings is 1. The van der Waals surface area contributed by atoms with Gasteiger partial charge in [-0.15, -0.1) is 0 Å². The summed E-state index contributed by atoms with van der Waals surface area (Å²) in [6.45, 7) is -0.470. The number of rotatable bonds is 4. The van der Waals surface area contributed by atoms with E-state index in [2.05, 4.69) is 0 Å². The molecular formula is C14H20O7. The first-order valence-electron chi connectivity index (χ1n) is 6.55.